The third kappa shape index (κ3) is 11.9. The van der Waals surface area contributed by atoms with Crippen molar-refractivity contribution in [2.24, 2.45) is 0 Å². The van der Waals surface area contributed by atoms with Crippen molar-refractivity contribution in [3.63, 3.8) is 0 Å². The Bertz CT molecular complexity index is 361. The first kappa shape index (κ1) is 24.6. The zero-order valence-electron chi connectivity index (χ0n) is 17.2. The lowest BCUT2D eigenvalue weighted by molar-refractivity contribution is -0.0811. The van der Waals surface area contributed by atoms with Crippen LogP contribution < -0.4 is 0 Å². The highest BCUT2D eigenvalue weighted by atomic mass is 16.5. The second-order valence-electron chi connectivity index (χ2n) is 7.73. The predicted molar refractivity (Wildman–Crippen MR) is 109 cm³/mol. The summed E-state index contributed by atoms with van der Waals surface area (Å²) in [6.07, 6.45) is 16.2. The molecule has 5 heteroatoms. The molecule has 27 heavy (non-hydrogen) atoms. The molecule has 1 aliphatic heterocycles. The van der Waals surface area contributed by atoms with Crippen LogP contribution in [0.15, 0.2) is 12.2 Å². The zero-order valence-corrected chi connectivity index (χ0v) is 17.2. The average molecular weight is 387 g/mol. The fraction of sp³-hybridized carbons (Fsp3) is 0.909. The molecule has 0 spiro atoms. The number of rotatable bonds is 17. The Labute approximate surface area is 165 Å². The van der Waals surface area contributed by atoms with Crippen molar-refractivity contribution in [1.29, 1.82) is 0 Å². The highest BCUT2D eigenvalue weighted by Crippen LogP contribution is 2.18. The summed E-state index contributed by atoms with van der Waals surface area (Å²) in [4.78, 5) is 0. The molecule has 0 unspecified atom stereocenters. The lowest BCUT2D eigenvalue weighted by Crippen LogP contribution is -2.40. The van der Waals surface area contributed by atoms with Crippen LogP contribution in [0, 0.1) is 0 Å². The minimum absolute atomic E-state index is 0.0621. The van der Waals surface area contributed by atoms with E-state index in [2.05, 4.69) is 19.1 Å². The van der Waals surface area contributed by atoms with Crippen LogP contribution in [-0.2, 0) is 9.47 Å². The Morgan fingerprint density at radius 2 is 1.52 bits per heavy atom. The number of allylic oxidation sites excluding steroid dienone is 2. The molecular formula is C22H42O5. The van der Waals surface area contributed by atoms with E-state index in [4.69, 9.17) is 9.47 Å². The topological polar surface area (TPSA) is 79.2 Å². The Kier molecular flexibility index (Phi) is 15.0. The molecular weight excluding hydrogens is 344 g/mol. The first-order valence-electron chi connectivity index (χ1n) is 11.0. The summed E-state index contributed by atoms with van der Waals surface area (Å²) in [5, 5.41) is 29.0. The molecule has 1 rings (SSSR count). The second kappa shape index (κ2) is 16.5. The van der Waals surface area contributed by atoms with E-state index in [0.29, 0.717) is 6.61 Å². The molecule has 0 aliphatic carbocycles. The molecule has 1 aliphatic rings. The summed E-state index contributed by atoms with van der Waals surface area (Å²) in [5.41, 5.74) is 0. The van der Waals surface area contributed by atoms with Crippen LogP contribution in [-0.4, -0.2) is 59.6 Å². The molecule has 1 fully saturated rings. The van der Waals surface area contributed by atoms with Crippen molar-refractivity contribution in [2.45, 2.75) is 108 Å². The van der Waals surface area contributed by atoms with Gasteiger partial charge in [0.1, 0.15) is 24.4 Å². The quantitative estimate of drug-likeness (QED) is 0.262. The number of aliphatic hydroxyl groups is 3. The molecule has 0 saturated carbocycles. The molecule has 0 radical (unpaired) electrons. The first-order valence-corrected chi connectivity index (χ1v) is 11.0. The number of ether oxygens (including phenoxy) is 2. The molecule has 1 saturated heterocycles. The number of hydrogen-bond donors (Lipinski definition) is 3. The highest BCUT2D eigenvalue weighted by Gasteiger charge is 2.39. The van der Waals surface area contributed by atoms with E-state index in [0.717, 1.165) is 19.3 Å². The van der Waals surface area contributed by atoms with Crippen molar-refractivity contribution >= 4 is 0 Å². The predicted octanol–water partition coefficient (Wildman–Crippen LogP) is 3.74. The van der Waals surface area contributed by atoms with E-state index in [1.54, 1.807) is 0 Å². The molecule has 160 valence electrons. The van der Waals surface area contributed by atoms with Gasteiger partial charge >= 0.3 is 0 Å². The zero-order chi connectivity index (χ0) is 19.7. The van der Waals surface area contributed by atoms with Gasteiger partial charge in [-0.15, -0.1) is 0 Å². The summed E-state index contributed by atoms with van der Waals surface area (Å²) < 4.78 is 10.6. The SMILES string of the molecule is CCCCCCCCCCC/C=C/CCCOC[C@H](O)[C@H]1OC[C@@H](O)[C@H]1O. The number of aliphatic hydroxyl groups excluding tert-OH is 3. The van der Waals surface area contributed by atoms with Gasteiger partial charge in [-0.25, -0.2) is 0 Å². The normalized spacial score (nSPS) is 24.1. The highest BCUT2D eigenvalue weighted by molar-refractivity contribution is 4.87. The maximum atomic E-state index is 9.92. The Balaban J connectivity index is 1.83. The van der Waals surface area contributed by atoms with Crippen molar-refractivity contribution in [3.05, 3.63) is 12.2 Å². The van der Waals surface area contributed by atoms with Crippen molar-refractivity contribution in [3.8, 4) is 0 Å². The van der Waals surface area contributed by atoms with Crippen molar-refractivity contribution < 1.29 is 24.8 Å². The van der Waals surface area contributed by atoms with Gasteiger partial charge in [0.05, 0.1) is 13.2 Å². The van der Waals surface area contributed by atoms with Gasteiger partial charge < -0.3 is 24.8 Å². The van der Waals surface area contributed by atoms with Gasteiger partial charge in [0.15, 0.2) is 0 Å². The fourth-order valence-electron chi connectivity index (χ4n) is 3.38. The van der Waals surface area contributed by atoms with Gasteiger partial charge in [0.25, 0.3) is 0 Å². The largest absolute Gasteiger partial charge is 0.388 e. The molecule has 0 amide bonds. The molecule has 0 aromatic heterocycles. The maximum absolute atomic E-state index is 9.92. The van der Waals surface area contributed by atoms with E-state index >= 15 is 0 Å². The summed E-state index contributed by atoms with van der Waals surface area (Å²) >= 11 is 0. The Morgan fingerprint density at radius 3 is 2.11 bits per heavy atom. The van der Waals surface area contributed by atoms with E-state index < -0.39 is 24.4 Å². The third-order valence-electron chi connectivity index (χ3n) is 5.16. The Hall–Kier alpha value is -0.460. The standard InChI is InChI=1S/C22H42O5/c1-2-3-4-5-6-7-8-9-10-11-12-13-14-15-16-26-17-20(24)22-21(25)19(23)18-27-22/h12-13,19-25H,2-11,14-18H2,1H3/b13-12+/t19-,20+,21-,22-/m1/s1. The van der Waals surface area contributed by atoms with Crippen LogP contribution in [0.25, 0.3) is 0 Å². The average Bonchev–Trinajstić information content (AvgIpc) is 3.00. The van der Waals surface area contributed by atoms with Crippen LogP contribution in [0.2, 0.25) is 0 Å². The molecule has 0 bridgehead atoms. The monoisotopic (exact) mass is 386 g/mol. The fourth-order valence-corrected chi connectivity index (χ4v) is 3.38. The lowest BCUT2D eigenvalue weighted by Gasteiger charge is -2.20. The van der Waals surface area contributed by atoms with Crippen LogP contribution >= 0.6 is 0 Å². The van der Waals surface area contributed by atoms with Crippen LogP contribution in [0.4, 0.5) is 0 Å². The van der Waals surface area contributed by atoms with Crippen molar-refractivity contribution in [2.75, 3.05) is 19.8 Å². The summed E-state index contributed by atoms with van der Waals surface area (Å²) in [6, 6.07) is 0. The second-order valence-corrected chi connectivity index (χ2v) is 7.73. The van der Waals surface area contributed by atoms with Gasteiger partial charge in [0, 0.05) is 6.61 Å². The van der Waals surface area contributed by atoms with Gasteiger partial charge in [-0.3, -0.25) is 0 Å². The molecule has 0 aromatic rings. The smallest absolute Gasteiger partial charge is 0.114 e. The van der Waals surface area contributed by atoms with E-state index in [9.17, 15) is 15.3 Å². The number of unbranched alkanes of at least 4 members (excludes halogenated alkanes) is 10. The van der Waals surface area contributed by atoms with Gasteiger partial charge in [0.2, 0.25) is 0 Å². The Morgan fingerprint density at radius 1 is 0.926 bits per heavy atom. The third-order valence-corrected chi connectivity index (χ3v) is 5.16. The van der Waals surface area contributed by atoms with Crippen molar-refractivity contribution in [1.82, 2.24) is 0 Å². The summed E-state index contributed by atoms with van der Waals surface area (Å²) in [7, 11) is 0. The van der Waals surface area contributed by atoms with Gasteiger partial charge in [-0.1, -0.05) is 70.4 Å². The van der Waals surface area contributed by atoms with Crippen LogP contribution in [0.1, 0.15) is 84.0 Å². The van der Waals surface area contributed by atoms with Crippen LogP contribution in [0.5, 0.6) is 0 Å². The van der Waals surface area contributed by atoms with Crippen LogP contribution in [0.3, 0.4) is 0 Å². The molecule has 5 nitrogen and oxygen atoms in total. The minimum Gasteiger partial charge on any atom is -0.388 e. The van der Waals surface area contributed by atoms with E-state index in [-0.39, 0.29) is 13.2 Å². The summed E-state index contributed by atoms with van der Waals surface area (Å²) in [6.45, 7) is 3.02. The maximum Gasteiger partial charge on any atom is 0.114 e. The first-order chi connectivity index (χ1) is 13.2. The van der Waals surface area contributed by atoms with Gasteiger partial charge in [-0.05, 0) is 25.7 Å². The van der Waals surface area contributed by atoms with E-state index in [1.165, 1.54) is 57.8 Å². The van der Waals surface area contributed by atoms with Gasteiger partial charge in [-0.2, -0.15) is 0 Å². The molecule has 1 heterocycles. The minimum atomic E-state index is -1.03. The summed E-state index contributed by atoms with van der Waals surface area (Å²) in [5.74, 6) is 0. The molecule has 4 atom stereocenters. The lowest BCUT2D eigenvalue weighted by atomic mass is 10.1. The van der Waals surface area contributed by atoms with E-state index in [1.807, 2.05) is 0 Å². The molecule has 0 aromatic carbocycles. The number of hydrogen-bond acceptors (Lipinski definition) is 5. The molecule has 3 N–H and O–H groups in total.